The van der Waals surface area contributed by atoms with Gasteiger partial charge in [-0.05, 0) is 68.9 Å². The third kappa shape index (κ3) is 7.17. The molecule has 0 radical (unpaired) electrons. The Labute approximate surface area is 252 Å². The molecular formula is C35H50N4O3. The number of nitrogens with zero attached hydrogens (tertiary/aromatic N) is 4. The Bertz CT molecular complexity index is 1200. The zero-order valence-corrected chi connectivity index (χ0v) is 26.2. The van der Waals surface area contributed by atoms with Crippen LogP contribution in [0.2, 0.25) is 0 Å². The molecule has 7 nitrogen and oxygen atoms in total. The minimum Gasteiger partial charge on any atom is -0.497 e. The van der Waals surface area contributed by atoms with Gasteiger partial charge in [-0.3, -0.25) is 19.4 Å². The molecule has 1 saturated heterocycles. The Balaban J connectivity index is 1.39. The summed E-state index contributed by atoms with van der Waals surface area (Å²) in [5.74, 6) is 1.22. The highest BCUT2D eigenvalue weighted by Gasteiger charge is 2.39. The predicted molar refractivity (Wildman–Crippen MR) is 169 cm³/mol. The molecule has 7 heteroatoms. The van der Waals surface area contributed by atoms with Crippen LogP contribution in [0.25, 0.3) is 0 Å². The lowest BCUT2D eigenvalue weighted by atomic mass is 9.88. The average molecular weight is 575 g/mol. The highest BCUT2D eigenvalue weighted by atomic mass is 16.5. The van der Waals surface area contributed by atoms with Crippen molar-refractivity contribution in [1.29, 1.82) is 0 Å². The molecule has 0 unspecified atom stereocenters. The van der Waals surface area contributed by atoms with Crippen molar-refractivity contribution in [1.82, 2.24) is 14.7 Å². The second kappa shape index (κ2) is 14.0. The van der Waals surface area contributed by atoms with Crippen LogP contribution in [0.3, 0.4) is 0 Å². The number of rotatable bonds is 6. The first-order chi connectivity index (χ1) is 20.3. The topological polar surface area (TPSA) is 56.3 Å². The van der Waals surface area contributed by atoms with Gasteiger partial charge in [-0.25, -0.2) is 0 Å². The second-order valence-corrected chi connectivity index (χ2v) is 12.8. The van der Waals surface area contributed by atoms with Gasteiger partial charge in [0.25, 0.3) is 0 Å². The molecule has 2 heterocycles. The maximum absolute atomic E-state index is 14.0. The quantitative estimate of drug-likeness (QED) is 0.470. The van der Waals surface area contributed by atoms with E-state index in [1.165, 1.54) is 32.1 Å². The molecule has 2 amide bonds. The number of hydrogen-bond acceptors (Lipinski definition) is 5. The fraction of sp³-hybridized carbons (Fsp3) is 0.600. The first kappa shape index (κ1) is 30.6. The van der Waals surface area contributed by atoms with Gasteiger partial charge in [-0.15, -0.1) is 0 Å². The van der Waals surface area contributed by atoms with E-state index in [9.17, 15) is 9.59 Å². The number of amides is 2. The molecule has 0 N–H and O–H groups in total. The highest BCUT2D eigenvalue weighted by Crippen LogP contribution is 2.32. The number of hydrogen-bond donors (Lipinski definition) is 0. The number of likely N-dealkylation sites (tertiary alicyclic amines) is 1. The van der Waals surface area contributed by atoms with Gasteiger partial charge in [-0.1, -0.05) is 49.6 Å². The van der Waals surface area contributed by atoms with Crippen molar-refractivity contribution < 1.29 is 14.3 Å². The van der Waals surface area contributed by atoms with E-state index in [2.05, 4.69) is 53.7 Å². The van der Waals surface area contributed by atoms with Gasteiger partial charge in [0.2, 0.25) is 11.8 Å². The van der Waals surface area contributed by atoms with Crippen molar-refractivity contribution in [3.05, 3.63) is 59.2 Å². The molecular weight excluding hydrogens is 524 g/mol. The van der Waals surface area contributed by atoms with Gasteiger partial charge in [0.05, 0.1) is 25.1 Å². The van der Waals surface area contributed by atoms with E-state index in [1.807, 2.05) is 29.2 Å². The number of benzene rings is 2. The number of methoxy groups -OCH3 is 1. The van der Waals surface area contributed by atoms with Crippen molar-refractivity contribution in [2.45, 2.75) is 84.3 Å². The largest absolute Gasteiger partial charge is 0.497 e. The van der Waals surface area contributed by atoms with Gasteiger partial charge >= 0.3 is 0 Å². The summed E-state index contributed by atoms with van der Waals surface area (Å²) in [6.45, 7) is 12.0. The normalized spacial score (nSPS) is 20.1. The number of carbonyl (C=O) groups excluding carboxylic acids is 2. The van der Waals surface area contributed by atoms with Crippen LogP contribution < -0.4 is 9.64 Å². The highest BCUT2D eigenvalue weighted by molar-refractivity contribution is 5.96. The number of carbonyl (C=O) groups is 2. The van der Waals surface area contributed by atoms with Crippen molar-refractivity contribution in [3.63, 3.8) is 0 Å². The molecule has 0 atom stereocenters. The number of aryl methyl sites for hydroxylation is 1. The zero-order chi connectivity index (χ0) is 29.6. The fourth-order valence-corrected chi connectivity index (χ4v) is 7.06. The standard InChI is InChI=1S/C35H50N4O3/c1-26(2)36-18-9-19-39(33(40)22-28-14-16-32(42-4)17-15-28)34-27(3)10-8-11-29(34)23-37(21-20-36)35(41)30-24-38(25-30)31-12-6-5-7-13-31/h8,10-11,14-17,26,30-31H,5-7,9,12-13,18-25H2,1-4H3. The molecule has 5 rings (SSSR count). The second-order valence-electron chi connectivity index (χ2n) is 12.8. The summed E-state index contributed by atoms with van der Waals surface area (Å²) in [6, 6.07) is 15.1. The summed E-state index contributed by atoms with van der Waals surface area (Å²) >= 11 is 0. The molecule has 2 aromatic rings. The SMILES string of the molecule is COc1ccc(CC(=O)N2CCCN(C(C)C)CCN(C(=O)C3CN(C4CCCCC4)C3)Cc3cccc(C)c32)cc1. The first-order valence-corrected chi connectivity index (χ1v) is 16.1. The molecule has 1 aliphatic carbocycles. The molecule has 2 fully saturated rings. The summed E-state index contributed by atoms with van der Waals surface area (Å²) in [7, 11) is 1.65. The molecule has 0 bridgehead atoms. The van der Waals surface area contributed by atoms with Crippen LogP contribution in [0.15, 0.2) is 42.5 Å². The number of anilines is 1. The van der Waals surface area contributed by atoms with Gasteiger partial charge in [0, 0.05) is 57.9 Å². The molecule has 0 spiro atoms. The monoisotopic (exact) mass is 574 g/mol. The third-order valence-corrected chi connectivity index (χ3v) is 9.64. The molecule has 2 aromatic carbocycles. The predicted octanol–water partition coefficient (Wildman–Crippen LogP) is 5.29. The molecule has 42 heavy (non-hydrogen) atoms. The third-order valence-electron chi connectivity index (χ3n) is 9.64. The van der Waals surface area contributed by atoms with Crippen LogP contribution in [0, 0.1) is 12.8 Å². The maximum Gasteiger partial charge on any atom is 0.231 e. The summed E-state index contributed by atoms with van der Waals surface area (Å²) in [4.78, 5) is 37.1. The van der Waals surface area contributed by atoms with Crippen molar-refractivity contribution in [2.24, 2.45) is 5.92 Å². The minimum absolute atomic E-state index is 0.0746. The van der Waals surface area contributed by atoms with Crippen LogP contribution >= 0.6 is 0 Å². The van der Waals surface area contributed by atoms with Crippen molar-refractivity contribution in [3.8, 4) is 5.75 Å². The van der Waals surface area contributed by atoms with Gasteiger partial charge < -0.3 is 14.5 Å². The molecule has 0 aromatic heterocycles. The molecule has 3 aliphatic rings. The van der Waals surface area contributed by atoms with Crippen LogP contribution in [0.1, 0.15) is 69.1 Å². The van der Waals surface area contributed by atoms with Gasteiger partial charge in [0.15, 0.2) is 0 Å². The van der Waals surface area contributed by atoms with Crippen molar-refractivity contribution >= 4 is 17.5 Å². The summed E-state index contributed by atoms with van der Waals surface area (Å²) in [5.41, 5.74) is 4.09. The Hall–Kier alpha value is -2.90. The van der Waals surface area contributed by atoms with Crippen LogP contribution in [0.4, 0.5) is 5.69 Å². The smallest absolute Gasteiger partial charge is 0.231 e. The lowest BCUT2D eigenvalue weighted by Crippen LogP contribution is -2.58. The van der Waals surface area contributed by atoms with Crippen LogP contribution in [-0.2, 0) is 22.6 Å². The number of para-hydroxylation sites is 1. The summed E-state index contributed by atoms with van der Waals surface area (Å²) in [6.07, 6.45) is 7.76. The maximum atomic E-state index is 14.0. The van der Waals surface area contributed by atoms with Crippen LogP contribution in [0.5, 0.6) is 5.75 Å². The number of fused-ring (bicyclic) bond motifs is 1. The molecule has 2 aliphatic heterocycles. The Morgan fingerprint density at radius 2 is 1.64 bits per heavy atom. The molecule has 228 valence electrons. The van der Waals surface area contributed by atoms with Crippen molar-refractivity contribution in [2.75, 3.05) is 51.3 Å². The lowest BCUT2D eigenvalue weighted by Gasteiger charge is -2.46. The Morgan fingerprint density at radius 1 is 0.905 bits per heavy atom. The first-order valence-electron chi connectivity index (χ1n) is 16.1. The Morgan fingerprint density at radius 3 is 2.33 bits per heavy atom. The van der Waals surface area contributed by atoms with E-state index in [-0.39, 0.29) is 17.7 Å². The molecule has 1 saturated carbocycles. The lowest BCUT2D eigenvalue weighted by molar-refractivity contribution is -0.143. The van der Waals surface area contributed by atoms with Gasteiger partial charge in [0.1, 0.15) is 5.75 Å². The average Bonchev–Trinajstić information content (AvgIpc) is 3.00. The summed E-state index contributed by atoms with van der Waals surface area (Å²) in [5, 5.41) is 0. The van der Waals surface area contributed by atoms with E-state index < -0.39 is 0 Å². The number of ether oxygens (including phenoxy) is 1. The zero-order valence-electron chi connectivity index (χ0n) is 26.2. The summed E-state index contributed by atoms with van der Waals surface area (Å²) < 4.78 is 5.31. The van der Waals surface area contributed by atoms with E-state index >= 15 is 0 Å². The van der Waals surface area contributed by atoms with Crippen LogP contribution in [-0.4, -0.2) is 85.0 Å². The Kier molecular flexibility index (Phi) is 10.2. The van der Waals surface area contributed by atoms with Gasteiger partial charge in [-0.2, -0.15) is 0 Å². The fourth-order valence-electron chi connectivity index (χ4n) is 7.06. The minimum atomic E-state index is 0.0746. The van der Waals surface area contributed by atoms with E-state index in [1.54, 1.807) is 7.11 Å². The van der Waals surface area contributed by atoms with E-state index in [0.29, 0.717) is 38.1 Å². The van der Waals surface area contributed by atoms with E-state index in [4.69, 9.17) is 4.74 Å². The van der Waals surface area contributed by atoms with E-state index in [0.717, 1.165) is 60.7 Å².